The molecule has 0 bridgehead atoms. The lowest BCUT2D eigenvalue weighted by atomic mass is 10.2. The highest BCUT2D eigenvalue weighted by Crippen LogP contribution is 2.32. The van der Waals surface area contributed by atoms with Crippen LogP contribution in [-0.4, -0.2) is 58.7 Å². The van der Waals surface area contributed by atoms with Crippen molar-refractivity contribution in [1.29, 1.82) is 5.26 Å². The number of quaternary nitrogens is 1. The second-order valence-corrected chi connectivity index (χ2v) is 8.49. The van der Waals surface area contributed by atoms with Crippen molar-refractivity contribution in [2.75, 3.05) is 45.9 Å². The molecular weight excluding hydrogens is 342 g/mol. The Hall–Kier alpha value is -1.82. The predicted molar refractivity (Wildman–Crippen MR) is 91.1 cm³/mol. The van der Waals surface area contributed by atoms with Gasteiger partial charge in [0.2, 0.25) is 10.0 Å². The Labute approximate surface area is 148 Å². The van der Waals surface area contributed by atoms with E-state index in [0.717, 1.165) is 26.1 Å². The van der Waals surface area contributed by atoms with Gasteiger partial charge in [0, 0.05) is 12.5 Å². The van der Waals surface area contributed by atoms with Gasteiger partial charge < -0.3 is 14.4 Å². The van der Waals surface area contributed by atoms with Crippen LogP contribution >= 0.6 is 0 Å². The van der Waals surface area contributed by atoms with Gasteiger partial charge in [-0.2, -0.15) is 9.57 Å². The van der Waals surface area contributed by atoms with Gasteiger partial charge in [-0.3, -0.25) is 0 Å². The molecule has 1 saturated heterocycles. The minimum atomic E-state index is -3.55. The van der Waals surface area contributed by atoms with E-state index in [1.165, 1.54) is 9.21 Å². The number of nitrogens with zero attached hydrogens (tertiary/aromatic N) is 2. The molecule has 1 fully saturated rings. The second kappa shape index (κ2) is 7.60. The van der Waals surface area contributed by atoms with Gasteiger partial charge in [0.15, 0.2) is 11.5 Å². The van der Waals surface area contributed by atoms with E-state index in [2.05, 4.69) is 6.07 Å². The molecule has 2 aliphatic rings. The first-order valence-corrected chi connectivity index (χ1v) is 10.1. The smallest absolute Gasteiger partial charge is 0.243 e. The van der Waals surface area contributed by atoms with Crippen LogP contribution in [0, 0.1) is 17.2 Å². The van der Waals surface area contributed by atoms with Crippen molar-refractivity contribution in [3.8, 4) is 17.6 Å². The lowest BCUT2D eigenvalue weighted by molar-refractivity contribution is -0.905. The van der Waals surface area contributed by atoms with Gasteiger partial charge in [0.05, 0.1) is 62.8 Å². The van der Waals surface area contributed by atoms with Gasteiger partial charge in [0.25, 0.3) is 0 Å². The van der Waals surface area contributed by atoms with Crippen LogP contribution in [-0.2, 0) is 10.0 Å². The lowest BCUT2D eigenvalue weighted by Gasteiger charge is -2.32. The fourth-order valence-corrected chi connectivity index (χ4v) is 4.64. The summed E-state index contributed by atoms with van der Waals surface area (Å²) in [5, 5.41) is 8.92. The number of hydrogen-bond donors (Lipinski definition) is 1. The van der Waals surface area contributed by atoms with Crippen molar-refractivity contribution < 1.29 is 22.8 Å². The molecule has 7 nitrogen and oxygen atoms in total. The maximum atomic E-state index is 12.9. The molecule has 1 aromatic rings. The topological polar surface area (TPSA) is 84.1 Å². The molecule has 1 aromatic carbocycles. The molecule has 0 unspecified atom stereocenters. The number of fused-ring (bicyclic) bond motifs is 1. The Kier molecular flexibility index (Phi) is 5.47. The number of piperazine rings is 1. The van der Waals surface area contributed by atoms with Gasteiger partial charge in [-0.1, -0.05) is 0 Å². The van der Waals surface area contributed by atoms with Gasteiger partial charge in [-0.25, -0.2) is 8.42 Å². The summed E-state index contributed by atoms with van der Waals surface area (Å²) in [6, 6.07) is 7.05. The monoisotopic (exact) mass is 366 g/mol. The van der Waals surface area contributed by atoms with Crippen LogP contribution in [0.5, 0.6) is 11.5 Å². The number of sulfonamides is 1. The molecule has 0 amide bonds. The third kappa shape index (κ3) is 4.06. The summed E-state index contributed by atoms with van der Waals surface area (Å²) in [7, 11) is -3.55. The van der Waals surface area contributed by atoms with Crippen LogP contribution < -0.4 is 14.4 Å². The third-order valence-corrected chi connectivity index (χ3v) is 6.50. The average molecular weight is 366 g/mol. The Bertz CT molecular complexity index is 752. The zero-order valence-corrected chi connectivity index (χ0v) is 15.2. The van der Waals surface area contributed by atoms with E-state index in [0.29, 0.717) is 37.8 Å². The van der Waals surface area contributed by atoms with E-state index in [9.17, 15) is 8.42 Å². The highest BCUT2D eigenvalue weighted by atomic mass is 32.2. The van der Waals surface area contributed by atoms with Crippen LogP contribution in [0.3, 0.4) is 0 Å². The number of nitrogens with one attached hydrogen (secondary N) is 1. The normalized spacial score (nSPS) is 20.5. The molecule has 136 valence electrons. The first kappa shape index (κ1) is 18.0. The fraction of sp³-hybridized carbons (Fsp3) is 0.588. The summed E-state index contributed by atoms with van der Waals surface area (Å²) < 4.78 is 38.5. The molecule has 2 aliphatic heterocycles. The number of nitriles is 1. The zero-order chi connectivity index (χ0) is 17.9. The lowest BCUT2D eigenvalue weighted by Crippen LogP contribution is -3.15. The molecule has 1 atom stereocenters. The number of benzene rings is 1. The maximum absolute atomic E-state index is 12.9. The van der Waals surface area contributed by atoms with Crippen molar-refractivity contribution >= 4 is 10.0 Å². The summed E-state index contributed by atoms with van der Waals surface area (Å²) >= 11 is 0. The van der Waals surface area contributed by atoms with Crippen LogP contribution in [0.25, 0.3) is 0 Å². The summed E-state index contributed by atoms with van der Waals surface area (Å²) in [4.78, 5) is 1.52. The maximum Gasteiger partial charge on any atom is 0.243 e. The van der Waals surface area contributed by atoms with Crippen molar-refractivity contribution in [3.05, 3.63) is 18.2 Å². The summed E-state index contributed by atoms with van der Waals surface area (Å²) in [5.74, 6) is 1.07. The molecule has 0 saturated carbocycles. The third-order valence-electron chi connectivity index (χ3n) is 4.60. The molecule has 0 aliphatic carbocycles. The van der Waals surface area contributed by atoms with Crippen molar-refractivity contribution in [2.45, 2.75) is 18.2 Å². The van der Waals surface area contributed by atoms with Gasteiger partial charge >= 0.3 is 0 Å². The largest absolute Gasteiger partial charge is 0.490 e. The molecule has 0 aromatic heterocycles. The van der Waals surface area contributed by atoms with E-state index in [1.807, 2.05) is 6.92 Å². The average Bonchev–Trinajstić information content (AvgIpc) is 2.86. The minimum Gasteiger partial charge on any atom is -0.490 e. The van der Waals surface area contributed by atoms with E-state index in [-0.39, 0.29) is 10.8 Å². The molecule has 1 N–H and O–H groups in total. The molecular formula is C17H24N3O4S+. The minimum absolute atomic E-state index is 0.0140. The number of hydrogen-bond acceptors (Lipinski definition) is 5. The van der Waals surface area contributed by atoms with Crippen LogP contribution in [0.15, 0.2) is 23.1 Å². The molecule has 0 spiro atoms. The molecule has 3 rings (SSSR count). The van der Waals surface area contributed by atoms with Crippen LogP contribution in [0.1, 0.15) is 13.3 Å². The SMILES string of the molecule is C[C@@H](C#N)C[NH+]1CCN(S(=O)(=O)c2ccc3c(c2)OCCCO3)CC1. The van der Waals surface area contributed by atoms with Crippen LogP contribution in [0.4, 0.5) is 0 Å². The van der Waals surface area contributed by atoms with Gasteiger partial charge in [-0.15, -0.1) is 0 Å². The van der Waals surface area contributed by atoms with Gasteiger partial charge in [-0.05, 0) is 19.1 Å². The quantitative estimate of drug-likeness (QED) is 0.804. The summed E-state index contributed by atoms with van der Waals surface area (Å²) in [6.07, 6.45) is 0.780. The molecule has 8 heteroatoms. The van der Waals surface area contributed by atoms with E-state index in [4.69, 9.17) is 14.7 Å². The Morgan fingerprint density at radius 2 is 1.92 bits per heavy atom. The highest BCUT2D eigenvalue weighted by Gasteiger charge is 2.31. The second-order valence-electron chi connectivity index (χ2n) is 6.55. The first-order valence-electron chi connectivity index (χ1n) is 8.63. The molecule has 25 heavy (non-hydrogen) atoms. The van der Waals surface area contributed by atoms with Crippen molar-refractivity contribution in [1.82, 2.24) is 4.31 Å². The predicted octanol–water partition coefficient (Wildman–Crippen LogP) is -0.103. The zero-order valence-electron chi connectivity index (χ0n) is 14.4. The van der Waals surface area contributed by atoms with Crippen LogP contribution in [0.2, 0.25) is 0 Å². The van der Waals surface area contributed by atoms with Crippen molar-refractivity contribution in [2.24, 2.45) is 5.92 Å². The summed E-state index contributed by atoms with van der Waals surface area (Å²) in [5.41, 5.74) is 0. The van der Waals surface area contributed by atoms with E-state index >= 15 is 0 Å². The van der Waals surface area contributed by atoms with E-state index in [1.54, 1.807) is 18.2 Å². The number of rotatable bonds is 4. The van der Waals surface area contributed by atoms with Crippen molar-refractivity contribution in [3.63, 3.8) is 0 Å². The Morgan fingerprint density at radius 1 is 1.24 bits per heavy atom. The first-order chi connectivity index (χ1) is 12.0. The standard InChI is InChI=1S/C17H23N3O4S/c1-14(12-18)13-19-5-7-20(8-6-19)25(21,22)15-3-4-16-17(11-15)24-10-2-9-23-16/h3-4,11,14H,2,5-10,13H2,1H3/p+1/t14-/m0/s1. The van der Waals surface area contributed by atoms with Gasteiger partial charge in [0.1, 0.15) is 0 Å². The number of ether oxygens (including phenoxy) is 2. The highest BCUT2D eigenvalue weighted by molar-refractivity contribution is 7.89. The van der Waals surface area contributed by atoms with E-state index < -0.39 is 10.0 Å². The summed E-state index contributed by atoms with van der Waals surface area (Å²) in [6.45, 7) is 6.11. The fourth-order valence-electron chi connectivity index (χ4n) is 3.18. The molecule has 2 heterocycles. The Balaban J connectivity index is 1.70. The molecule has 0 radical (unpaired) electrons. The Morgan fingerprint density at radius 3 is 2.60 bits per heavy atom.